The second kappa shape index (κ2) is 7.23. The van der Waals surface area contributed by atoms with E-state index in [1.54, 1.807) is 42.5 Å². The van der Waals surface area contributed by atoms with Gasteiger partial charge in [-0.15, -0.1) is 0 Å². The summed E-state index contributed by atoms with van der Waals surface area (Å²) in [5.41, 5.74) is 6.19. The van der Waals surface area contributed by atoms with Crippen molar-refractivity contribution in [2.24, 2.45) is 5.92 Å². The number of hydrazine groups is 1. The topological polar surface area (TPSA) is 67.4 Å². The lowest BCUT2D eigenvalue weighted by atomic mass is 9.96. The van der Waals surface area contributed by atoms with Crippen LogP contribution in [0.5, 0.6) is 5.75 Å². The highest BCUT2D eigenvalue weighted by Gasteiger charge is 2.26. The molecule has 1 atom stereocenters. The van der Waals surface area contributed by atoms with Crippen LogP contribution in [0, 0.1) is 5.92 Å². The number of halogens is 2. The Bertz CT molecular complexity index is 797. The molecular weight excluding hydrogens is 396 g/mol. The van der Waals surface area contributed by atoms with Gasteiger partial charge in [-0.2, -0.15) is 0 Å². The Hall–Kier alpha value is -2.05. The van der Waals surface area contributed by atoms with Gasteiger partial charge in [-0.05, 0) is 58.2 Å². The van der Waals surface area contributed by atoms with Crippen molar-refractivity contribution in [3.8, 4) is 5.75 Å². The van der Waals surface area contributed by atoms with Crippen molar-refractivity contribution in [3.05, 3.63) is 63.1 Å². The van der Waals surface area contributed by atoms with E-state index in [1.165, 1.54) is 0 Å². The van der Waals surface area contributed by atoms with Crippen molar-refractivity contribution in [1.29, 1.82) is 0 Å². The molecule has 0 radical (unpaired) electrons. The number of hydrogen-bond acceptors (Lipinski definition) is 3. The van der Waals surface area contributed by atoms with Crippen molar-refractivity contribution in [2.75, 3.05) is 6.61 Å². The van der Waals surface area contributed by atoms with Crippen LogP contribution in [0.15, 0.2) is 46.9 Å². The molecule has 0 saturated heterocycles. The Morgan fingerprint density at radius 2 is 1.96 bits per heavy atom. The van der Waals surface area contributed by atoms with E-state index in [-0.39, 0.29) is 12.5 Å². The highest BCUT2D eigenvalue weighted by molar-refractivity contribution is 9.10. The molecule has 0 spiro atoms. The highest BCUT2D eigenvalue weighted by Crippen LogP contribution is 2.29. The Kier molecular flexibility index (Phi) is 5.06. The summed E-state index contributed by atoms with van der Waals surface area (Å²) in [5.74, 6) is -0.354. The molecule has 1 heterocycles. The van der Waals surface area contributed by atoms with Gasteiger partial charge < -0.3 is 4.74 Å². The summed E-state index contributed by atoms with van der Waals surface area (Å²) in [7, 11) is 0. The molecule has 0 bridgehead atoms. The SMILES string of the molecule is O=C(NNC(=O)[C@@H]1COc2ccc(Cl)cc2C1)c1ccccc1Br. The normalized spacial score (nSPS) is 15.8. The molecule has 1 aliphatic heterocycles. The first kappa shape index (κ1) is 16.8. The van der Waals surface area contributed by atoms with Crippen LogP contribution in [0.3, 0.4) is 0 Å². The van der Waals surface area contributed by atoms with Crippen molar-refractivity contribution < 1.29 is 14.3 Å². The summed E-state index contributed by atoms with van der Waals surface area (Å²) in [5, 5.41) is 0.598. The van der Waals surface area contributed by atoms with Crippen LogP contribution in [0.4, 0.5) is 0 Å². The average molecular weight is 410 g/mol. The predicted molar refractivity (Wildman–Crippen MR) is 93.9 cm³/mol. The Labute approximate surface area is 152 Å². The number of benzene rings is 2. The zero-order chi connectivity index (χ0) is 17.1. The summed E-state index contributed by atoms with van der Waals surface area (Å²) in [6, 6.07) is 12.3. The number of hydrogen-bond donors (Lipinski definition) is 2. The van der Waals surface area contributed by atoms with E-state index in [0.29, 0.717) is 21.5 Å². The molecule has 2 amide bonds. The maximum Gasteiger partial charge on any atom is 0.270 e. The molecule has 2 N–H and O–H groups in total. The maximum atomic E-state index is 12.3. The highest BCUT2D eigenvalue weighted by atomic mass is 79.9. The van der Waals surface area contributed by atoms with Gasteiger partial charge in [-0.3, -0.25) is 20.4 Å². The molecule has 0 aliphatic carbocycles. The van der Waals surface area contributed by atoms with E-state index in [0.717, 1.165) is 11.3 Å². The molecule has 24 heavy (non-hydrogen) atoms. The molecule has 0 unspecified atom stereocenters. The number of fused-ring (bicyclic) bond motifs is 1. The molecular formula is C17H14BrClN2O3. The molecule has 0 fully saturated rings. The number of carbonyl (C=O) groups excluding carboxylic acids is 2. The van der Waals surface area contributed by atoms with Gasteiger partial charge in [0.1, 0.15) is 12.4 Å². The molecule has 7 heteroatoms. The quantitative estimate of drug-likeness (QED) is 0.749. The van der Waals surface area contributed by atoms with Crippen LogP contribution in [0.1, 0.15) is 15.9 Å². The number of ether oxygens (including phenoxy) is 1. The molecule has 2 aromatic rings. The van der Waals surface area contributed by atoms with E-state index in [1.807, 2.05) is 0 Å². The van der Waals surface area contributed by atoms with Gasteiger partial charge in [0.05, 0.1) is 11.5 Å². The number of amides is 2. The lowest BCUT2D eigenvalue weighted by Crippen LogP contribution is -2.47. The number of nitrogens with one attached hydrogen (secondary N) is 2. The Morgan fingerprint density at radius 3 is 2.75 bits per heavy atom. The van der Waals surface area contributed by atoms with Gasteiger partial charge in [-0.1, -0.05) is 23.7 Å². The average Bonchev–Trinajstić information content (AvgIpc) is 2.59. The fourth-order valence-corrected chi connectivity index (χ4v) is 3.12. The van der Waals surface area contributed by atoms with Crippen LogP contribution in [-0.2, 0) is 11.2 Å². The lowest BCUT2D eigenvalue weighted by molar-refractivity contribution is -0.127. The van der Waals surface area contributed by atoms with Crippen LogP contribution in [-0.4, -0.2) is 18.4 Å². The third kappa shape index (κ3) is 3.71. The Morgan fingerprint density at radius 1 is 1.17 bits per heavy atom. The number of rotatable bonds is 2. The van der Waals surface area contributed by atoms with Gasteiger partial charge in [0.25, 0.3) is 5.91 Å². The Balaban J connectivity index is 1.60. The number of carbonyl (C=O) groups is 2. The molecule has 3 rings (SSSR count). The second-order valence-electron chi connectivity index (χ2n) is 5.39. The largest absolute Gasteiger partial charge is 0.492 e. The predicted octanol–water partition coefficient (Wildman–Crippen LogP) is 3.11. The van der Waals surface area contributed by atoms with E-state index < -0.39 is 11.8 Å². The molecule has 0 aromatic heterocycles. The minimum absolute atomic E-state index is 0.255. The first-order valence-corrected chi connectivity index (χ1v) is 8.47. The minimum Gasteiger partial charge on any atom is -0.492 e. The summed E-state index contributed by atoms with van der Waals surface area (Å²) >= 11 is 9.27. The summed E-state index contributed by atoms with van der Waals surface area (Å²) < 4.78 is 6.24. The lowest BCUT2D eigenvalue weighted by Gasteiger charge is -2.24. The van der Waals surface area contributed by atoms with Gasteiger partial charge in [0, 0.05) is 9.50 Å². The summed E-state index contributed by atoms with van der Waals surface area (Å²) in [6.45, 7) is 0.255. The first-order valence-electron chi connectivity index (χ1n) is 7.30. The van der Waals surface area contributed by atoms with Crippen LogP contribution < -0.4 is 15.6 Å². The molecule has 1 aliphatic rings. The zero-order valence-electron chi connectivity index (χ0n) is 12.5. The van der Waals surface area contributed by atoms with Crippen molar-refractivity contribution >= 4 is 39.3 Å². The molecule has 124 valence electrons. The molecule has 5 nitrogen and oxygen atoms in total. The fourth-order valence-electron chi connectivity index (χ4n) is 2.46. The molecule has 2 aromatic carbocycles. The van der Waals surface area contributed by atoms with Crippen molar-refractivity contribution in [1.82, 2.24) is 10.9 Å². The van der Waals surface area contributed by atoms with Gasteiger partial charge >= 0.3 is 0 Å². The standard InChI is InChI=1S/C17H14BrClN2O3/c18-14-4-2-1-3-13(14)17(23)21-20-16(22)11-7-10-8-12(19)5-6-15(10)24-9-11/h1-6,8,11H,7,9H2,(H,20,22)(H,21,23)/t11-/m0/s1. The van der Waals surface area contributed by atoms with Crippen molar-refractivity contribution in [3.63, 3.8) is 0 Å². The minimum atomic E-state index is -0.393. The smallest absolute Gasteiger partial charge is 0.270 e. The van der Waals surface area contributed by atoms with Crippen LogP contribution >= 0.6 is 27.5 Å². The monoisotopic (exact) mass is 408 g/mol. The van der Waals surface area contributed by atoms with Crippen LogP contribution in [0.25, 0.3) is 0 Å². The van der Waals surface area contributed by atoms with Crippen molar-refractivity contribution in [2.45, 2.75) is 6.42 Å². The second-order valence-corrected chi connectivity index (χ2v) is 6.68. The zero-order valence-corrected chi connectivity index (χ0v) is 14.9. The van der Waals surface area contributed by atoms with E-state index >= 15 is 0 Å². The van der Waals surface area contributed by atoms with E-state index in [2.05, 4.69) is 26.8 Å². The van der Waals surface area contributed by atoms with Gasteiger partial charge in [-0.25, -0.2) is 0 Å². The molecule has 0 saturated carbocycles. The van der Waals surface area contributed by atoms with Gasteiger partial charge in [0.2, 0.25) is 5.91 Å². The third-order valence-corrected chi connectivity index (χ3v) is 4.64. The maximum absolute atomic E-state index is 12.3. The summed E-state index contributed by atoms with van der Waals surface area (Å²) in [6.07, 6.45) is 0.507. The third-order valence-electron chi connectivity index (χ3n) is 3.72. The summed E-state index contributed by atoms with van der Waals surface area (Å²) in [4.78, 5) is 24.4. The first-order chi connectivity index (χ1) is 11.5. The van der Waals surface area contributed by atoms with Crippen LogP contribution in [0.2, 0.25) is 5.02 Å². The fraction of sp³-hybridized carbons (Fsp3) is 0.176. The van der Waals surface area contributed by atoms with Gasteiger partial charge in [0.15, 0.2) is 0 Å². The van der Waals surface area contributed by atoms with E-state index in [4.69, 9.17) is 16.3 Å². The van der Waals surface area contributed by atoms with E-state index in [9.17, 15) is 9.59 Å².